The minimum absolute atomic E-state index is 0.102. The summed E-state index contributed by atoms with van der Waals surface area (Å²) in [6.45, 7) is 5.86. The van der Waals surface area contributed by atoms with E-state index in [1.54, 1.807) is 17.0 Å². The van der Waals surface area contributed by atoms with Crippen LogP contribution in [0.1, 0.15) is 62.6 Å². The topological polar surface area (TPSA) is 90.0 Å². The van der Waals surface area contributed by atoms with E-state index in [1.807, 2.05) is 48.5 Å². The smallest absolute Gasteiger partial charge is 0.303 e. The molecule has 5 rings (SSSR count). The van der Waals surface area contributed by atoms with Gasteiger partial charge in [-0.25, -0.2) is 4.39 Å². The average molecular weight is 556 g/mol. The predicted octanol–water partition coefficient (Wildman–Crippen LogP) is 6.44. The minimum atomic E-state index is -1.06. The number of amides is 1. The van der Waals surface area contributed by atoms with E-state index < -0.39 is 12.0 Å². The van der Waals surface area contributed by atoms with Crippen molar-refractivity contribution >= 4 is 34.7 Å². The molecule has 212 valence electrons. The maximum atomic E-state index is 14.1. The minimum Gasteiger partial charge on any atom is -0.481 e. The molecule has 2 atom stereocenters. The lowest BCUT2D eigenvalue weighted by Gasteiger charge is -2.35. The van der Waals surface area contributed by atoms with Gasteiger partial charge in [0.15, 0.2) is 5.78 Å². The molecule has 0 aromatic heterocycles. The van der Waals surface area contributed by atoms with Gasteiger partial charge < -0.3 is 15.3 Å². The molecule has 0 unspecified atom stereocenters. The zero-order valence-electron chi connectivity index (χ0n) is 23.3. The molecule has 1 heterocycles. The summed E-state index contributed by atoms with van der Waals surface area (Å²) in [7, 11) is 0. The van der Waals surface area contributed by atoms with Crippen LogP contribution < -0.4 is 15.1 Å². The molecule has 1 aliphatic heterocycles. The number of nitrogens with zero attached hydrogens (tertiary/aromatic N) is 2. The van der Waals surface area contributed by atoms with E-state index >= 15 is 0 Å². The molecule has 41 heavy (non-hydrogen) atoms. The van der Waals surface area contributed by atoms with E-state index in [0.29, 0.717) is 23.4 Å². The summed E-state index contributed by atoms with van der Waals surface area (Å²) in [6, 6.07) is 20.8. The van der Waals surface area contributed by atoms with E-state index in [-0.39, 0.29) is 42.7 Å². The van der Waals surface area contributed by atoms with Gasteiger partial charge in [-0.1, -0.05) is 36.4 Å². The number of halogens is 1. The molecule has 0 fully saturated rings. The number of rotatable bonds is 8. The molecule has 0 bridgehead atoms. The zero-order valence-corrected chi connectivity index (χ0v) is 23.3. The summed E-state index contributed by atoms with van der Waals surface area (Å²) < 4.78 is 13.6. The van der Waals surface area contributed by atoms with E-state index in [2.05, 4.69) is 24.1 Å². The SMILES string of the molecule is CCN(CC)c1ccc([C@@H]2C3=C(C[C@H](c4ccc(F)cc4)CC3=O)Nc3ccccc3N2C(=O)CCC(=O)O)cc1. The normalized spacial score (nSPS) is 18.2. The molecule has 0 radical (unpaired) electrons. The molecule has 1 aliphatic carbocycles. The van der Waals surface area contributed by atoms with Gasteiger partial charge in [-0.3, -0.25) is 19.3 Å². The van der Waals surface area contributed by atoms with Crippen LogP contribution in [0.5, 0.6) is 0 Å². The Hall–Kier alpha value is -4.46. The number of anilines is 3. The second kappa shape index (κ2) is 12.0. The molecule has 0 saturated carbocycles. The largest absolute Gasteiger partial charge is 0.481 e. The molecular weight excluding hydrogens is 521 g/mol. The number of benzene rings is 3. The second-order valence-corrected chi connectivity index (χ2v) is 10.4. The first-order valence-electron chi connectivity index (χ1n) is 14.1. The molecule has 3 aromatic rings. The van der Waals surface area contributed by atoms with Crippen LogP contribution in [0.25, 0.3) is 0 Å². The Labute approximate surface area is 239 Å². The number of carboxylic acid groups (broad SMARTS) is 1. The van der Waals surface area contributed by atoms with Crippen molar-refractivity contribution in [2.45, 2.75) is 51.5 Å². The molecule has 1 amide bonds. The van der Waals surface area contributed by atoms with Crippen molar-refractivity contribution in [1.29, 1.82) is 0 Å². The van der Waals surface area contributed by atoms with Gasteiger partial charge in [-0.15, -0.1) is 0 Å². The number of allylic oxidation sites excluding steroid dienone is 1. The Morgan fingerprint density at radius 3 is 2.24 bits per heavy atom. The lowest BCUT2D eigenvalue weighted by molar-refractivity contribution is -0.138. The van der Waals surface area contributed by atoms with Crippen molar-refractivity contribution in [2.75, 3.05) is 28.2 Å². The van der Waals surface area contributed by atoms with Crippen LogP contribution in [0.15, 0.2) is 84.1 Å². The van der Waals surface area contributed by atoms with Crippen molar-refractivity contribution in [3.05, 3.63) is 101 Å². The summed E-state index contributed by atoms with van der Waals surface area (Å²) in [4.78, 5) is 43.1. The summed E-state index contributed by atoms with van der Waals surface area (Å²) >= 11 is 0. The first-order chi connectivity index (χ1) is 19.8. The van der Waals surface area contributed by atoms with E-state index in [4.69, 9.17) is 0 Å². The molecule has 7 nitrogen and oxygen atoms in total. The average Bonchev–Trinajstić information content (AvgIpc) is 3.12. The van der Waals surface area contributed by atoms with Crippen LogP contribution in [0, 0.1) is 5.82 Å². The highest BCUT2D eigenvalue weighted by atomic mass is 19.1. The highest BCUT2D eigenvalue weighted by molar-refractivity contribution is 6.06. The Kier molecular flexibility index (Phi) is 8.19. The maximum absolute atomic E-state index is 14.1. The Morgan fingerprint density at radius 1 is 0.927 bits per heavy atom. The van der Waals surface area contributed by atoms with Crippen LogP contribution in [0.3, 0.4) is 0 Å². The number of hydrogen-bond acceptors (Lipinski definition) is 5. The number of hydrogen-bond donors (Lipinski definition) is 2. The quantitative estimate of drug-likeness (QED) is 0.333. The Balaban J connectivity index is 1.66. The van der Waals surface area contributed by atoms with Crippen molar-refractivity contribution < 1.29 is 23.9 Å². The van der Waals surface area contributed by atoms with Crippen molar-refractivity contribution in [2.24, 2.45) is 0 Å². The van der Waals surface area contributed by atoms with Gasteiger partial charge in [-0.2, -0.15) is 0 Å². The first-order valence-corrected chi connectivity index (χ1v) is 14.1. The molecule has 0 spiro atoms. The lowest BCUT2D eigenvalue weighted by atomic mass is 9.78. The van der Waals surface area contributed by atoms with Gasteiger partial charge in [-0.05, 0) is 73.7 Å². The molecule has 2 N–H and O–H groups in total. The third-order valence-corrected chi connectivity index (χ3v) is 7.99. The van der Waals surface area contributed by atoms with Crippen molar-refractivity contribution in [3.8, 4) is 0 Å². The Bertz CT molecular complexity index is 1480. The van der Waals surface area contributed by atoms with Gasteiger partial charge in [0.2, 0.25) is 5.91 Å². The highest BCUT2D eigenvalue weighted by Gasteiger charge is 2.41. The van der Waals surface area contributed by atoms with E-state index in [1.165, 1.54) is 12.1 Å². The number of aliphatic carboxylic acids is 1. The van der Waals surface area contributed by atoms with Crippen LogP contribution in [-0.4, -0.2) is 35.9 Å². The first kappa shape index (κ1) is 28.1. The fraction of sp³-hybridized carbons (Fsp3) is 0.303. The number of fused-ring (bicyclic) bond motifs is 1. The Morgan fingerprint density at radius 2 is 1.59 bits per heavy atom. The summed E-state index contributed by atoms with van der Waals surface area (Å²) in [5, 5.41) is 12.8. The fourth-order valence-corrected chi connectivity index (χ4v) is 5.94. The summed E-state index contributed by atoms with van der Waals surface area (Å²) in [5.74, 6) is -2.02. The monoisotopic (exact) mass is 555 g/mol. The predicted molar refractivity (Wildman–Crippen MR) is 158 cm³/mol. The third kappa shape index (κ3) is 5.73. The number of nitrogens with one attached hydrogen (secondary N) is 1. The number of para-hydroxylation sites is 2. The molecule has 8 heteroatoms. The highest BCUT2D eigenvalue weighted by Crippen LogP contribution is 2.47. The van der Waals surface area contributed by atoms with Crippen molar-refractivity contribution in [3.63, 3.8) is 0 Å². The maximum Gasteiger partial charge on any atom is 0.303 e. The molecule has 3 aromatic carbocycles. The number of ketones is 1. The second-order valence-electron chi connectivity index (χ2n) is 10.4. The van der Waals surface area contributed by atoms with Gasteiger partial charge in [0.05, 0.1) is 23.8 Å². The summed E-state index contributed by atoms with van der Waals surface area (Å²) in [6.07, 6.45) is 0.206. The number of carboxylic acids is 1. The van der Waals surface area contributed by atoms with Gasteiger partial charge in [0.25, 0.3) is 0 Å². The summed E-state index contributed by atoms with van der Waals surface area (Å²) in [5.41, 5.74) is 5.15. The molecule has 0 saturated heterocycles. The zero-order chi connectivity index (χ0) is 29.1. The molecular formula is C33H34FN3O4. The molecule has 2 aliphatic rings. The standard InChI is InChI=1S/C33H34FN3O4/c1-3-36(4-2)25-15-11-22(12-16-25)33-32-27(19-23(20-29(32)38)21-9-13-24(34)14-10-21)35-26-7-5-6-8-28(26)37(33)30(39)17-18-31(40)41/h5-16,23,33,35H,3-4,17-20H2,1-2H3,(H,40,41)/t23-,33+/m0/s1. The van der Waals surface area contributed by atoms with E-state index in [0.717, 1.165) is 35.6 Å². The fourth-order valence-electron chi connectivity index (χ4n) is 5.94. The van der Waals surface area contributed by atoms with Crippen LogP contribution in [0.2, 0.25) is 0 Å². The van der Waals surface area contributed by atoms with Crippen LogP contribution in [0.4, 0.5) is 21.5 Å². The van der Waals surface area contributed by atoms with Crippen LogP contribution >= 0.6 is 0 Å². The van der Waals surface area contributed by atoms with Gasteiger partial charge in [0, 0.05) is 42.9 Å². The third-order valence-electron chi connectivity index (χ3n) is 7.99. The number of carbonyl (C=O) groups is 3. The van der Waals surface area contributed by atoms with Gasteiger partial charge >= 0.3 is 5.97 Å². The van der Waals surface area contributed by atoms with E-state index in [9.17, 15) is 23.9 Å². The number of carbonyl (C=O) groups excluding carboxylic acids is 2. The van der Waals surface area contributed by atoms with Crippen LogP contribution in [-0.2, 0) is 14.4 Å². The van der Waals surface area contributed by atoms with Gasteiger partial charge in [0.1, 0.15) is 5.82 Å². The number of Topliss-reactive ketones (excluding diaryl/α,β-unsaturated/α-hetero) is 1. The van der Waals surface area contributed by atoms with Crippen molar-refractivity contribution in [1.82, 2.24) is 0 Å². The lowest BCUT2D eigenvalue weighted by Crippen LogP contribution is -2.38.